The van der Waals surface area contributed by atoms with Gasteiger partial charge in [0.1, 0.15) is 18.3 Å². The average molecular weight is 373 g/mol. The number of carbonyl (C=O) groups is 1. The first-order valence-electron chi connectivity index (χ1n) is 8.90. The van der Waals surface area contributed by atoms with Gasteiger partial charge in [-0.25, -0.2) is 9.67 Å². The Kier molecular flexibility index (Phi) is 4.72. The number of para-hydroxylation sites is 1. The zero-order chi connectivity index (χ0) is 19.5. The maximum atomic E-state index is 12.8. The molecule has 0 radical (unpaired) electrons. The van der Waals surface area contributed by atoms with Gasteiger partial charge in [0.2, 0.25) is 5.91 Å². The molecule has 4 aromatic rings. The van der Waals surface area contributed by atoms with Crippen LogP contribution in [-0.4, -0.2) is 37.2 Å². The number of hydrogen-bond donors (Lipinski definition) is 0. The molecule has 4 rings (SSSR count). The minimum absolute atomic E-state index is 0.0678. The van der Waals surface area contributed by atoms with E-state index in [2.05, 4.69) is 10.1 Å². The van der Waals surface area contributed by atoms with Crippen molar-refractivity contribution < 1.29 is 4.79 Å². The molecule has 0 unspecified atom stereocenters. The lowest BCUT2D eigenvalue weighted by Crippen LogP contribution is -2.33. The van der Waals surface area contributed by atoms with Crippen molar-refractivity contribution in [3.05, 3.63) is 89.1 Å². The summed E-state index contributed by atoms with van der Waals surface area (Å²) < 4.78 is 2.94. The maximum absolute atomic E-state index is 12.8. The molecule has 0 saturated heterocycles. The molecule has 7 heteroatoms. The molecule has 0 saturated carbocycles. The molecule has 0 atom stereocenters. The lowest BCUT2D eigenvalue weighted by Gasteiger charge is -2.17. The van der Waals surface area contributed by atoms with E-state index in [0.29, 0.717) is 17.6 Å². The van der Waals surface area contributed by atoms with Crippen molar-refractivity contribution in [3.8, 4) is 5.69 Å². The van der Waals surface area contributed by atoms with Gasteiger partial charge >= 0.3 is 0 Å². The van der Waals surface area contributed by atoms with E-state index >= 15 is 0 Å². The summed E-state index contributed by atoms with van der Waals surface area (Å²) in [4.78, 5) is 31.3. The Morgan fingerprint density at radius 1 is 1.04 bits per heavy atom. The molecule has 2 heterocycles. The molecular formula is C21H19N5O2. The number of amides is 1. The highest BCUT2D eigenvalue weighted by atomic mass is 16.2. The van der Waals surface area contributed by atoms with E-state index in [4.69, 9.17) is 0 Å². The fourth-order valence-corrected chi connectivity index (χ4v) is 3.03. The zero-order valence-corrected chi connectivity index (χ0v) is 15.4. The van der Waals surface area contributed by atoms with E-state index in [1.807, 2.05) is 60.7 Å². The Labute approximate surface area is 161 Å². The summed E-state index contributed by atoms with van der Waals surface area (Å²) in [7, 11) is 1.72. The van der Waals surface area contributed by atoms with Crippen LogP contribution in [0, 0.1) is 0 Å². The summed E-state index contributed by atoms with van der Waals surface area (Å²) >= 11 is 0. The Hall–Kier alpha value is -3.74. The van der Waals surface area contributed by atoms with Crippen LogP contribution in [0.4, 0.5) is 0 Å². The van der Waals surface area contributed by atoms with E-state index in [9.17, 15) is 9.59 Å². The molecule has 0 spiro atoms. The van der Waals surface area contributed by atoms with Crippen LogP contribution in [0.3, 0.4) is 0 Å². The number of carbonyl (C=O) groups excluding carboxylic acids is 1. The molecule has 0 fully saturated rings. The monoisotopic (exact) mass is 373 g/mol. The summed E-state index contributed by atoms with van der Waals surface area (Å²) in [6.07, 6.45) is 2.90. The second-order valence-electron chi connectivity index (χ2n) is 6.54. The molecule has 0 aliphatic heterocycles. The number of benzene rings is 2. The molecular weight excluding hydrogens is 354 g/mol. The second-order valence-corrected chi connectivity index (χ2v) is 6.54. The molecule has 0 bridgehead atoms. The topological polar surface area (TPSA) is 73.0 Å². The Morgan fingerprint density at radius 3 is 2.43 bits per heavy atom. The fourth-order valence-electron chi connectivity index (χ4n) is 3.03. The van der Waals surface area contributed by atoms with Crippen molar-refractivity contribution in [3.63, 3.8) is 0 Å². The van der Waals surface area contributed by atoms with E-state index in [1.165, 1.54) is 17.1 Å². The van der Waals surface area contributed by atoms with Gasteiger partial charge in [-0.1, -0.05) is 48.5 Å². The Bertz CT molecular complexity index is 1170. The van der Waals surface area contributed by atoms with Gasteiger partial charge in [0, 0.05) is 13.6 Å². The molecule has 2 aromatic heterocycles. The van der Waals surface area contributed by atoms with Gasteiger partial charge in [-0.05, 0) is 17.7 Å². The summed E-state index contributed by atoms with van der Waals surface area (Å²) in [6, 6.07) is 19.2. The summed E-state index contributed by atoms with van der Waals surface area (Å²) in [5.41, 5.74) is 2.04. The van der Waals surface area contributed by atoms with Gasteiger partial charge < -0.3 is 4.90 Å². The number of hydrogen-bond acceptors (Lipinski definition) is 4. The maximum Gasteiger partial charge on any atom is 0.264 e. The molecule has 28 heavy (non-hydrogen) atoms. The van der Waals surface area contributed by atoms with Crippen LogP contribution in [0.25, 0.3) is 16.7 Å². The number of fused-ring (bicyclic) bond motifs is 1. The van der Waals surface area contributed by atoms with Crippen LogP contribution in [0.1, 0.15) is 5.56 Å². The van der Waals surface area contributed by atoms with Gasteiger partial charge in [-0.2, -0.15) is 5.10 Å². The van der Waals surface area contributed by atoms with Crippen LogP contribution in [-0.2, 0) is 17.9 Å². The van der Waals surface area contributed by atoms with Crippen LogP contribution in [0.15, 0.2) is 78.0 Å². The Morgan fingerprint density at radius 2 is 1.71 bits per heavy atom. The standard InChI is InChI=1S/C21H19N5O2/c1-24(13-16-8-4-2-5-9-16)19(27)14-25-15-22-20-18(21(25)28)12-23-26(20)17-10-6-3-7-11-17/h2-12,15H,13-14H2,1H3. The number of rotatable bonds is 5. The van der Waals surface area contributed by atoms with Crippen LogP contribution >= 0.6 is 0 Å². The van der Waals surface area contributed by atoms with Crippen molar-refractivity contribution in [1.29, 1.82) is 0 Å². The SMILES string of the molecule is CN(Cc1ccccc1)C(=O)Cn1cnc2c(cnn2-c2ccccc2)c1=O. The molecule has 0 N–H and O–H groups in total. The minimum atomic E-state index is -0.284. The predicted octanol–water partition coefficient (Wildman–Crippen LogP) is 2.24. The first-order chi connectivity index (χ1) is 13.6. The van der Waals surface area contributed by atoms with E-state index in [0.717, 1.165) is 11.3 Å². The van der Waals surface area contributed by atoms with Gasteiger partial charge in [-0.15, -0.1) is 0 Å². The van der Waals surface area contributed by atoms with Crippen molar-refractivity contribution in [1.82, 2.24) is 24.2 Å². The summed E-state index contributed by atoms with van der Waals surface area (Å²) in [6.45, 7) is 0.414. The normalized spacial score (nSPS) is 10.9. The molecule has 0 aliphatic rings. The number of nitrogens with zero attached hydrogens (tertiary/aromatic N) is 5. The third-order valence-electron chi connectivity index (χ3n) is 4.55. The quantitative estimate of drug-likeness (QED) is 0.538. The van der Waals surface area contributed by atoms with Gasteiger partial charge in [0.15, 0.2) is 5.65 Å². The van der Waals surface area contributed by atoms with E-state index in [-0.39, 0.29) is 18.0 Å². The number of likely N-dealkylation sites (N-methyl/N-ethyl adjacent to an activating group) is 1. The van der Waals surface area contributed by atoms with Gasteiger partial charge in [0.05, 0.1) is 11.9 Å². The van der Waals surface area contributed by atoms with E-state index < -0.39 is 0 Å². The van der Waals surface area contributed by atoms with Crippen LogP contribution in [0.5, 0.6) is 0 Å². The third-order valence-corrected chi connectivity index (χ3v) is 4.55. The van der Waals surface area contributed by atoms with Crippen LogP contribution < -0.4 is 5.56 Å². The largest absolute Gasteiger partial charge is 0.340 e. The lowest BCUT2D eigenvalue weighted by molar-refractivity contribution is -0.131. The highest BCUT2D eigenvalue weighted by Crippen LogP contribution is 2.13. The number of aromatic nitrogens is 4. The molecule has 7 nitrogen and oxygen atoms in total. The molecule has 2 aromatic carbocycles. The molecule has 140 valence electrons. The van der Waals surface area contributed by atoms with Crippen molar-refractivity contribution in [2.75, 3.05) is 7.05 Å². The molecule has 0 aliphatic carbocycles. The molecule has 1 amide bonds. The average Bonchev–Trinajstić information content (AvgIpc) is 3.16. The first-order valence-corrected chi connectivity index (χ1v) is 8.90. The van der Waals surface area contributed by atoms with Gasteiger partial charge in [-0.3, -0.25) is 14.2 Å². The fraction of sp³-hybridized carbons (Fsp3) is 0.143. The lowest BCUT2D eigenvalue weighted by atomic mass is 10.2. The Balaban J connectivity index is 1.57. The second kappa shape index (κ2) is 7.48. The van der Waals surface area contributed by atoms with Crippen molar-refractivity contribution in [2.24, 2.45) is 0 Å². The summed E-state index contributed by atoms with van der Waals surface area (Å²) in [5, 5.41) is 4.66. The van der Waals surface area contributed by atoms with E-state index in [1.54, 1.807) is 16.6 Å². The van der Waals surface area contributed by atoms with Crippen molar-refractivity contribution in [2.45, 2.75) is 13.1 Å². The highest BCUT2D eigenvalue weighted by Gasteiger charge is 2.15. The summed E-state index contributed by atoms with van der Waals surface area (Å²) in [5.74, 6) is -0.164. The van der Waals surface area contributed by atoms with Gasteiger partial charge in [0.25, 0.3) is 5.56 Å². The smallest absolute Gasteiger partial charge is 0.264 e. The highest BCUT2D eigenvalue weighted by molar-refractivity contribution is 5.77. The van der Waals surface area contributed by atoms with Crippen molar-refractivity contribution >= 4 is 16.9 Å². The minimum Gasteiger partial charge on any atom is -0.340 e. The zero-order valence-electron chi connectivity index (χ0n) is 15.4. The van der Waals surface area contributed by atoms with Crippen LogP contribution in [0.2, 0.25) is 0 Å². The third kappa shape index (κ3) is 3.42. The first kappa shape index (κ1) is 17.7. The predicted molar refractivity (Wildman–Crippen MR) is 106 cm³/mol.